The lowest BCUT2D eigenvalue weighted by atomic mass is 9.86. The van der Waals surface area contributed by atoms with Crippen LogP contribution in [0.25, 0.3) is 0 Å². The van der Waals surface area contributed by atoms with Crippen LogP contribution < -0.4 is 4.74 Å². The second-order valence-corrected chi connectivity index (χ2v) is 8.95. The number of hydrogen-bond acceptors (Lipinski definition) is 5. The Kier molecular flexibility index (Phi) is 8.72. The molecular weight excluding hydrogens is 427 g/mol. The van der Waals surface area contributed by atoms with E-state index in [2.05, 4.69) is 0 Å². The lowest BCUT2D eigenvalue weighted by molar-refractivity contribution is -0.137. The summed E-state index contributed by atoms with van der Waals surface area (Å²) in [7, 11) is 0. The molecule has 31 heavy (non-hydrogen) atoms. The van der Waals surface area contributed by atoms with Crippen LogP contribution >= 0.6 is 11.6 Å². The number of aliphatic hydroxyl groups is 2. The highest BCUT2D eigenvalue weighted by Crippen LogP contribution is 2.42. The quantitative estimate of drug-likeness (QED) is 0.489. The van der Waals surface area contributed by atoms with Gasteiger partial charge in [-0.2, -0.15) is 0 Å². The fourth-order valence-electron chi connectivity index (χ4n) is 4.59. The molecule has 6 atom stereocenters. The van der Waals surface area contributed by atoms with Crippen LogP contribution in [0.3, 0.4) is 0 Å². The summed E-state index contributed by atoms with van der Waals surface area (Å²) in [4.78, 5) is 10.7. The Balaban J connectivity index is 1.50. The molecule has 2 aliphatic rings. The maximum atomic E-state index is 13.4. The van der Waals surface area contributed by atoms with Gasteiger partial charge in [0.1, 0.15) is 24.3 Å². The van der Waals surface area contributed by atoms with Crippen LogP contribution in [0.2, 0.25) is 5.02 Å². The van der Waals surface area contributed by atoms with Crippen molar-refractivity contribution in [3.63, 3.8) is 0 Å². The van der Waals surface area contributed by atoms with Crippen molar-refractivity contribution in [2.75, 3.05) is 13.2 Å². The maximum absolute atomic E-state index is 13.4. The van der Waals surface area contributed by atoms with Crippen molar-refractivity contribution in [3.8, 4) is 5.75 Å². The molecule has 8 heteroatoms. The summed E-state index contributed by atoms with van der Waals surface area (Å²) in [5, 5.41) is 29.8. The van der Waals surface area contributed by atoms with E-state index in [1.165, 1.54) is 18.2 Å². The summed E-state index contributed by atoms with van der Waals surface area (Å²) in [5.41, 5.74) is 0. The summed E-state index contributed by atoms with van der Waals surface area (Å²) in [5.74, 6) is -0.676. The number of ether oxygens (including phenoxy) is 2. The van der Waals surface area contributed by atoms with Crippen molar-refractivity contribution in [2.45, 2.75) is 56.8 Å². The van der Waals surface area contributed by atoms with Crippen LogP contribution in [-0.4, -0.2) is 52.8 Å². The molecule has 0 spiro atoms. The Morgan fingerprint density at radius 2 is 2.16 bits per heavy atom. The van der Waals surface area contributed by atoms with Gasteiger partial charge in [0.25, 0.3) is 0 Å². The van der Waals surface area contributed by atoms with Gasteiger partial charge in [-0.25, -0.2) is 4.39 Å². The molecule has 1 aliphatic carbocycles. The van der Waals surface area contributed by atoms with Crippen molar-refractivity contribution in [2.24, 2.45) is 17.8 Å². The number of carboxylic acid groups (broad SMARTS) is 1. The van der Waals surface area contributed by atoms with Crippen molar-refractivity contribution in [3.05, 3.63) is 41.2 Å². The Morgan fingerprint density at radius 1 is 1.35 bits per heavy atom. The van der Waals surface area contributed by atoms with Crippen molar-refractivity contribution >= 4 is 17.6 Å². The zero-order chi connectivity index (χ0) is 22.4. The normalized spacial score (nSPS) is 29.5. The highest BCUT2D eigenvalue weighted by Gasteiger charge is 2.43. The number of fused-ring (bicyclic) bond motifs is 1. The van der Waals surface area contributed by atoms with E-state index in [1.54, 1.807) is 6.08 Å². The monoisotopic (exact) mass is 456 g/mol. The van der Waals surface area contributed by atoms with Crippen LogP contribution in [0.5, 0.6) is 5.75 Å². The third kappa shape index (κ3) is 7.17. The van der Waals surface area contributed by atoms with E-state index < -0.39 is 24.0 Å². The second-order valence-electron chi connectivity index (χ2n) is 8.51. The SMILES string of the molecule is O=C(O)CCC[C@H]1CC[C@@H]2[C@@H](/C=C/[C@@H](O)COc3cc(F)cc(Cl)c3)[C@H](O)C[C@@H]2OC1. The molecule has 1 aliphatic heterocycles. The predicted octanol–water partition coefficient (Wildman–Crippen LogP) is 3.82. The first-order valence-corrected chi connectivity index (χ1v) is 11.2. The summed E-state index contributed by atoms with van der Waals surface area (Å²) in [6.45, 7) is 0.534. The van der Waals surface area contributed by atoms with E-state index in [0.29, 0.717) is 25.4 Å². The highest BCUT2D eigenvalue weighted by molar-refractivity contribution is 6.30. The molecule has 1 aromatic rings. The lowest BCUT2D eigenvalue weighted by Crippen LogP contribution is -2.22. The van der Waals surface area contributed by atoms with Gasteiger partial charge in [-0.15, -0.1) is 0 Å². The van der Waals surface area contributed by atoms with Gasteiger partial charge >= 0.3 is 5.97 Å². The number of rotatable bonds is 9. The summed E-state index contributed by atoms with van der Waals surface area (Å²) < 4.78 is 24.8. The average Bonchev–Trinajstić information content (AvgIpc) is 2.85. The molecule has 6 nitrogen and oxygen atoms in total. The number of benzene rings is 1. The van der Waals surface area contributed by atoms with E-state index in [4.69, 9.17) is 26.2 Å². The van der Waals surface area contributed by atoms with Gasteiger partial charge in [-0.1, -0.05) is 23.8 Å². The predicted molar refractivity (Wildman–Crippen MR) is 114 cm³/mol. The molecule has 1 saturated carbocycles. The number of aliphatic carboxylic acids is 1. The standard InChI is InChI=1S/C23H30ClFO6/c24-15-8-16(25)10-18(9-15)30-13-17(26)5-7-19-20-6-4-14(2-1-3-23(28)29)12-31-22(20)11-21(19)27/h5,7-10,14,17,19-22,26-27H,1-4,6,11-13H2,(H,28,29)/b7-5+/t14-,17+,19+,20+,21+,22-/m0/s1. The van der Waals surface area contributed by atoms with Gasteiger partial charge in [0.15, 0.2) is 0 Å². The molecule has 172 valence electrons. The fourth-order valence-corrected chi connectivity index (χ4v) is 4.80. The molecule has 0 radical (unpaired) electrons. The largest absolute Gasteiger partial charge is 0.490 e. The van der Waals surface area contributed by atoms with Crippen molar-refractivity contribution in [1.82, 2.24) is 0 Å². The fraction of sp³-hybridized carbons (Fsp3) is 0.609. The second kappa shape index (κ2) is 11.3. The number of carboxylic acids is 1. The average molecular weight is 457 g/mol. The van der Waals surface area contributed by atoms with E-state index in [0.717, 1.165) is 19.3 Å². The summed E-state index contributed by atoms with van der Waals surface area (Å²) >= 11 is 5.80. The van der Waals surface area contributed by atoms with E-state index in [-0.39, 0.29) is 41.7 Å². The van der Waals surface area contributed by atoms with Crippen LogP contribution in [0, 0.1) is 23.6 Å². The molecule has 0 aromatic heterocycles. The molecule has 2 fully saturated rings. The maximum Gasteiger partial charge on any atom is 0.303 e. The van der Waals surface area contributed by atoms with Gasteiger partial charge in [0.2, 0.25) is 0 Å². The number of halogens is 2. The van der Waals surface area contributed by atoms with Gasteiger partial charge < -0.3 is 24.8 Å². The Hall–Kier alpha value is -1.67. The van der Waals surface area contributed by atoms with Crippen LogP contribution in [0.1, 0.15) is 38.5 Å². The van der Waals surface area contributed by atoms with Gasteiger partial charge in [-0.05, 0) is 49.7 Å². The molecule has 1 heterocycles. The third-order valence-electron chi connectivity index (χ3n) is 6.16. The van der Waals surface area contributed by atoms with Crippen LogP contribution in [0.4, 0.5) is 4.39 Å². The summed E-state index contributed by atoms with van der Waals surface area (Å²) in [6.07, 6.45) is 5.98. The third-order valence-corrected chi connectivity index (χ3v) is 6.38. The first-order valence-electron chi connectivity index (χ1n) is 10.8. The van der Waals surface area contributed by atoms with E-state index >= 15 is 0 Å². The summed E-state index contributed by atoms with van der Waals surface area (Å²) in [6, 6.07) is 3.85. The Bertz CT molecular complexity index is 752. The molecule has 0 unspecified atom stereocenters. The topological polar surface area (TPSA) is 96.2 Å². The van der Waals surface area contributed by atoms with Crippen LogP contribution in [0.15, 0.2) is 30.4 Å². The minimum Gasteiger partial charge on any atom is -0.490 e. The van der Waals surface area contributed by atoms with E-state index in [1.807, 2.05) is 6.08 Å². The van der Waals surface area contributed by atoms with Gasteiger partial charge in [0.05, 0.1) is 12.2 Å². The zero-order valence-electron chi connectivity index (χ0n) is 17.3. The van der Waals surface area contributed by atoms with Crippen molar-refractivity contribution in [1.29, 1.82) is 0 Å². The van der Waals surface area contributed by atoms with Gasteiger partial charge in [-0.3, -0.25) is 4.79 Å². The molecule has 1 saturated heterocycles. The number of carbonyl (C=O) groups is 1. The number of hydrogen-bond donors (Lipinski definition) is 3. The first kappa shape index (κ1) is 24.0. The number of aliphatic hydroxyl groups excluding tert-OH is 2. The minimum atomic E-state index is -0.913. The van der Waals surface area contributed by atoms with Crippen LogP contribution in [-0.2, 0) is 9.53 Å². The molecule has 3 N–H and O–H groups in total. The highest BCUT2D eigenvalue weighted by atomic mass is 35.5. The molecule has 0 amide bonds. The first-order chi connectivity index (χ1) is 14.8. The molecular formula is C23H30ClFO6. The van der Waals surface area contributed by atoms with Gasteiger partial charge in [0, 0.05) is 36.5 Å². The zero-order valence-corrected chi connectivity index (χ0v) is 18.1. The minimum absolute atomic E-state index is 0.0306. The molecule has 0 bridgehead atoms. The lowest BCUT2D eigenvalue weighted by Gasteiger charge is -2.21. The molecule has 3 rings (SSSR count). The molecule has 1 aromatic carbocycles. The smallest absolute Gasteiger partial charge is 0.303 e. The Morgan fingerprint density at radius 3 is 2.90 bits per heavy atom. The van der Waals surface area contributed by atoms with Crippen molar-refractivity contribution < 1.29 is 34.0 Å². The van der Waals surface area contributed by atoms with E-state index in [9.17, 15) is 19.4 Å². The Labute approximate surface area is 186 Å².